The number of phenolic OH excluding ortho intramolecular Hbond substituents is 2. The summed E-state index contributed by atoms with van der Waals surface area (Å²) in [5.41, 5.74) is 0.318. The van der Waals surface area contributed by atoms with Crippen molar-refractivity contribution in [3.8, 4) is 11.5 Å². The number of nitrogens with zero attached hydrogens (tertiary/aromatic N) is 1. The van der Waals surface area contributed by atoms with Crippen molar-refractivity contribution in [1.82, 2.24) is 4.90 Å². The van der Waals surface area contributed by atoms with E-state index in [-0.39, 0.29) is 17.4 Å². The molecule has 0 spiro atoms. The summed E-state index contributed by atoms with van der Waals surface area (Å²) in [5, 5.41) is 18.8. The molecule has 0 unspecified atom stereocenters. The van der Waals surface area contributed by atoms with Crippen LogP contribution in [0.15, 0.2) is 18.2 Å². The topological polar surface area (TPSA) is 79.2 Å². The molecule has 0 fully saturated rings. The Morgan fingerprint density at radius 1 is 1.05 bits per heavy atom. The van der Waals surface area contributed by atoms with E-state index in [1.807, 2.05) is 13.8 Å². The minimum Gasteiger partial charge on any atom is -0.504 e. The van der Waals surface area contributed by atoms with Gasteiger partial charge in [0.1, 0.15) is 0 Å². The number of ether oxygens (including phenoxy) is 2. The zero-order valence-electron chi connectivity index (χ0n) is 12.5. The zero-order valence-corrected chi connectivity index (χ0v) is 12.5. The van der Waals surface area contributed by atoms with Crippen LogP contribution in [0.25, 0.3) is 0 Å². The summed E-state index contributed by atoms with van der Waals surface area (Å²) in [6.45, 7) is 6.75. The van der Waals surface area contributed by atoms with Crippen LogP contribution in [0.4, 0.5) is 0 Å². The summed E-state index contributed by atoms with van der Waals surface area (Å²) in [6.07, 6.45) is 0. The third-order valence-electron chi connectivity index (χ3n) is 2.93. The lowest BCUT2D eigenvalue weighted by molar-refractivity contribution is 0.0550. The SMILES string of the molecule is CCOCCN(CCOCC)C(=O)c1ccc(O)c(O)c1. The molecule has 0 aliphatic heterocycles. The molecule has 6 heteroatoms. The maximum atomic E-state index is 12.4. The second-order valence-electron chi connectivity index (χ2n) is 4.39. The van der Waals surface area contributed by atoms with E-state index in [2.05, 4.69) is 0 Å². The van der Waals surface area contributed by atoms with Crippen LogP contribution in [0, 0.1) is 0 Å². The highest BCUT2D eigenvalue weighted by molar-refractivity contribution is 5.94. The number of rotatable bonds is 9. The molecule has 0 saturated carbocycles. The first kappa shape index (κ1) is 17.3. The Morgan fingerprint density at radius 3 is 2.10 bits per heavy atom. The summed E-state index contributed by atoms with van der Waals surface area (Å²) in [4.78, 5) is 14.0. The van der Waals surface area contributed by atoms with Crippen molar-refractivity contribution in [1.29, 1.82) is 0 Å². The Labute approximate surface area is 124 Å². The van der Waals surface area contributed by atoms with E-state index >= 15 is 0 Å². The largest absolute Gasteiger partial charge is 0.504 e. The highest BCUT2D eigenvalue weighted by Gasteiger charge is 2.16. The van der Waals surface area contributed by atoms with Gasteiger partial charge in [-0.25, -0.2) is 0 Å². The zero-order chi connectivity index (χ0) is 15.7. The molecule has 118 valence electrons. The Balaban J connectivity index is 2.73. The van der Waals surface area contributed by atoms with Crippen molar-refractivity contribution >= 4 is 5.91 Å². The number of hydrogen-bond acceptors (Lipinski definition) is 5. The van der Waals surface area contributed by atoms with E-state index in [0.717, 1.165) is 0 Å². The number of aromatic hydroxyl groups is 2. The number of carbonyl (C=O) groups is 1. The number of amides is 1. The van der Waals surface area contributed by atoms with Gasteiger partial charge < -0.3 is 24.6 Å². The Morgan fingerprint density at radius 2 is 1.62 bits per heavy atom. The monoisotopic (exact) mass is 297 g/mol. The van der Waals surface area contributed by atoms with Crippen molar-refractivity contribution in [2.45, 2.75) is 13.8 Å². The first-order chi connectivity index (χ1) is 10.1. The molecular formula is C15H23NO5. The standard InChI is InChI=1S/C15H23NO5/c1-3-20-9-7-16(8-10-21-4-2)15(19)12-5-6-13(17)14(18)11-12/h5-6,11,17-18H,3-4,7-10H2,1-2H3. The molecule has 0 aliphatic carbocycles. The smallest absolute Gasteiger partial charge is 0.254 e. The molecule has 0 heterocycles. The second-order valence-corrected chi connectivity index (χ2v) is 4.39. The van der Waals surface area contributed by atoms with Crippen LogP contribution in [-0.4, -0.2) is 60.5 Å². The first-order valence-electron chi connectivity index (χ1n) is 7.06. The lowest BCUT2D eigenvalue weighted by atomic mass is 10.1. The highest BCUT2D eigenvalue weighted by atomic mass is 16.5. The highest BCUT2D eigenvalue weighted by Crippen LogP contribution is 2.25. The van der Waals surface area contributed by atoms with E-state index in [1.54, 1.807) is 4.90 Å². The summed E-state index contributed by atoms with van der Waals surface area (Å²) in [6, 6.07) is 4.03. The van der Waals surface area contributed by atoms with Gasteiger partial charge in [-0.15, -0.1) is 0 Å². The average molecular weight is 297 g/mol. The van der Waals surface area contributed by atoms with Crippen LogP contribution in [0.5, 0.6) is 11.5 Å². The summed E-state index contributed by atoms with van der Waals surface area (Å²) < 4.78 is 10.6. The van der Waals surface area contributed by atoms with Gasteiger partial charge in [0.05, 0.1) is 13.2 Å². The van der Waals surface area contributed by atoms with E-state index in [1.165, 1.54) is 18.2 Å². The fraction of sp³-hybridized carbons (Fsp3) is 0.533. The van der Waals surface area contributed by atoms with Gasteiger partial charge in [-0.3, -0.25) is 4.79 Å². The van der Waals surface area contributed by atoms with Gasteiger partial charge in [0.15, 0.2) is 11.5 Å². The quantitative estimate of drug-likeness (QED) is 0.535. The van der Waals surface area contributed by atoms with Gasteiger partial charge in [0.25, 0.3) is 5.91 Å². The Hall–Kier alpha value is -1.79. The Bertz CT molecular complexity index is 440. The summed E-state index contributed by atoms with van der Waals surface area (Å²) >= 11 is 0. The van der Waals surface area contributed by atoms with Gasteiger partial charge in [-0.05, 0) is 32.0 Å². The van der Waals surface area contributed by atoms with Gasteiger partial charge in [-0.2, -0.15) is 0 Å². The molecule has 1 aromatic carbocycles. The van der Waals surface area contributed by atoms with Crippen LogP contribution in [0.1, 0.15) is 24.2 Å². The molecule has 0 aliphatic rings. The van der Waals surface area contributed by atoms with Crippen molar-refractivity contribution in [2.75, 3.05) is 39.5 Å². The molecule has 0 radical (unpaired) electrons. The molecule has 1 amide bonds. The van der Waals surface area contributed by atoms with E-state index in [9.17, 15) is 15.0 Å². The fourth-order valence-corrected chi connectivity index (χ4v) is 1.79. The maximum Gasteiger partial charge on any atom is 0.254 e. The summed E-state index contributed by atoms with van der Waals surface area (Å²) in [7, 11) is 0. The van der Waals surface area contributed by atoms with Crippen molar-refractivity contribution in [3.63, 3.8) is 0 Å². The van der Waals surface area contributed by atoms with E-state index in [4.69, 9.17) is 9.47 Å². The van der Waals surface area contributed by atoms with Gasteiger partial charge >= 0.3 is 0 Å². The number of hydrogen-bond donors (Lipinski definition) is 2. The normalized spacial score (nSPS) is 10.6. The number of benzene rings is 1. The predicted octanol–water partition coefficient (Wildman–Crippen LogP) is 1.61. The van der Waals surface area contributed by atoms with Crippen molar-refractivity contribution in [2.24, 2.45) is 0 Å². The summed E-state index contributed by atoms with van der Waals surface area (Å²) in [5.74, 6) is -0.790. The molecule has 1 aromatic rings. The molecule has 0 saturated heterocycles. The van der Waals surface area contributed by atoms with Gasteiger partial charge in [-0.1, -0.05) is 0 Å². The first-order valence-corrected chi connectivity index (χ1v) is 7.06. The third kappa shape index (κ3) is 5.61. The third-order valence-corrected chi connectivity index (χ3v) is 2.93. The van der Waals surface area contributed by atoms with Crippen molar-refractivity contribution < 1.29 is 24.5 Å². The average Bonchev–Trinajstić information content (AvgIpc) is 2.48. The molecule has 21 heavy (non-hydrogen) atoms. The van der Waals surface area contributed by atoms with Crippen LogP contribution < -0.4 is 0 Å². The van der Waals surface area contributed by atoms with Crippen LogP contribution >= 0.6 is 0 Å². The van der Waals surface area contributed by atoms with Gasteiger partial charge in [0.2, 0.25) is 0 Å². The molecule has 2 N–H and O–H groups in total. The molecule has 0 aromatic heterocycles. The van der Waals surface area contributed by atoms with Crippen molar-refractivity contribution in [3.05, 3.63) is 23.8 Å². The van der Waals surface area contributed by atoms with Crippen LogP contribution in [-0.2, 0) is 9.47 Å². The number of carbonyl (C=O) groups excluding carboxylic acids is 1. The fourth-order valence-electron chi connectivity index (χ4n) is 1.79. The molecule has 0 bridgehead atoms. The lowest BCUT2D eigenvalue weighted by Gasteiger charge is -2.22. The Kier molecular flexibility index (Phi) is 7.56. The molecular weight excluding hydrogens is 274 g/mol. The maximum absolute atomic E-state index is 12.4. The van der Waals surface area contributed by atoms with E-state index in [0.29, 0.717) is 45.1 Å². The molecule has 6 nitrogen and oxygen atoms in total. The van der Waals surface area contributed by atoms with E-state index < -0.39 is 0 Å². The lowest BCUT2D eigenvalue weighted by Crippen LogP contribution is -2.36. The number of phenols is 2. The predicted molar refractivity (Wildman–Crippen MR) is 78.7 cm³/mol. The molecule has 1 rings (SSSR count). The minimum atomic E-state index is -0.310. The minimum absolute atomic E-state index is 0.232. The molecule has 0 atom stereocenters. The van der Waals surface area contributed by atoms with Gasteiger partial charge in [0, 0.05) is 31.9 Å². The van der Waals surface area contributed by atoms with Crippen LogP contribution in [0.2, 0.25) is 0 Å². The second kappa shape index (κ2) is 9.20. The van der Waals surface area contributed by atoms with Crippen LogP contribution in [0.3, 0.4) is 0 Å².